The number of para-hydroxylation sites is 1. The van der Waals surface area contributed by atoms with Crippen LogP contribution in [0.3, 0.4) is 0 Å². The Morgan fingerprint density at radius 1 is 1.03 bits per heavy atom. The van der Waals surface area contributed by atoms with E-state index in [-0.39, 0.29) is 23.9 Å². The summed E-state index contributed by atoms with van der Waals surface area (Å²) >= 11 is 0. The van der Waals surface area contributed by atoms with Crippen molar-refractivity contribution in [2.75, 3.05) is 11.4 Å². The third-order valence-electron chi connectivity index (χ3n) is 7.92. The molecule has 7 nitrogen and oxygen atoms in total. The van der Waals surface area contributed by atoms with Gasteiger partial charge in [0.15, 0.2) is 5.54 Å². The molecule has 4 aromatic rings. The molecular weight excluding hydrogens is 476 g/mol. The average Bonchev–Trinajstić information content (AvgIpc) is 3.41. The van der Waals surface area contributed by atoms with E-state index in [9.17, 15) is 14.4 Å². The van der Waals surface area contributed by atoms with Crippen molar-refractivity contribution >= 4 is 34.4 Å². The van der Waals surface area contributed by atoms with Crippen LogP contribution in [0.25, 0.3) is 10.9 Å². The molecule has 6 rings (SSSR count). The summed E-state index contributed by atoms with van der Waals surface area (Å²) in [5.41, 5.74) is 3.72. The summed E-state index contributed by atoms with van der Waals surface area (Å²) in [5, 5.41) is 4.13. The Morgan fingerprint density at radius 3 is 2.61 bits per heavy atom. The van der Waals surface area contributed by atoms with E-state index in [1.165, 1.54) is 10.5 Å². The number of benzene rings is 3. The van der Waals surface area contributed by atoms with E-state index in [2.05, 4.69) is 22.4 Å². The van der Waals surface area contributed by atoms with Gasteiger partial charge < -0.3 is 15.2 Å². The molecule has 4 amide bonds. The molecule has 2 aliphatic rings. The maximum absolute atomic E-state index is 13.9. The quantitative estimate of drug-likeness (QED) is 0.354. The highest BCUT2D eigenvalue weighted by molar-refractivity contribution is 6.24. The first kappa shape index (κ1) is 24.0. The molecule has 38 heavy (non-hydrogen) atoms. The third kappa shape index (κ3) is 3.77. The van der Waals surface area contributed by atoms with Crippen LogP contribution >= 0.6 is 0 Å². The zero-order chi connectivity index (χ0) is 26.4. The number of carbonyl (C=O) groups excluding carboxylic acids is 3. The number of carbonyl (C=O) groups is 3. The second-order valence-corrected chi connectivity index (χ2v) is 10.4. The molecule has 0 saturated carbocycles. The zero-order valence-corrected chi connectivity index (χ0v) is 21.5. The predicted octanol–water partition coefficient (Wildman–Crippen LogP) is 5.16. The molecule has 1 unspecified atom stereocenters. The molecule has 0 spiro atoms. The van der Waals surface area contributed by atoms with Crippen LogP contribution in [0.4, 0.5) is 10.5 Å². The molecule has 3 aromatic carbocycles. The molecule has 2 aliphatic heterocycles. The minimum Gasteiger partial charge on any atom is -0.356 e. The van der Waals surface area contributed by atoms with E-state index in [1.54, 1.807) is 29.2 Å². The normalized spacial score (nSPS) is 19.4. The van der Waals surface area contributed by atoms with Crippen molar-refractivity contribution in [1.82, 2.24) is 15.2 Å². The standard InChI is InChI=1S/C31H30N4O3/c1-20(15-16-21-9-4-3-5-10-21)32-28(36)22-11-8-12-23(19-22)35-29(37)31(2)27-25(17-18-34(31)30(35)38)24-13-6-7-14-26(24)33-27/h3-14,19-20,33H,15-18H2,1-2H3,(H,32,36)/t20?,31-/m0/s1. The lowest BCUT2D eigenvalue weighted by Crippen LogP contribution is -2.49. The molecule has 3 heterocycles. The second kappa shape index (κ2) is 9.17. The van der Waals surface area contributed by atoms with Gasteiger partial charge in [-0.2, -0.15) is 0 Å². The third-order valence-corrected chi connectivity index (χ3v) is 7.92. The first-order chi connectivity index (χ1) is 18.4. The van der Waals surface area contributed by atoms with E-state index in [0.29, 0.717) is 24.2 Å². The molecule has 1 saturated heterocycles. The highest BCUT2D eigenvalue weighted by atomic mass is 16.2. The molecular formula is C31H30N4O3. The van der Waals surface area contributed by atoms with Gasteiger partial charge in [-0.1, -0.05) is 54.6 Å². The van der Waals surface area contributed by atoms with E-state index in [0.717, 1.165) is 35.0 Å². The molecule has 0 aliphatic carbocycles. The summed E-state index contributed by atoms with van der Waals surface area (Å²) in [6.45, 7) is 4.24. The number of hydrogen-bond acceptors (Lipinski definition) is 3. The fourth-order valence-corrected chi connectivity index (χ4v) is 5.81. The Labute approximate surface area is 221 Å². The predicted molar refractivity (Wildman–Crippen MR) is 147 cm³/mol. The highest BCUT2D eigenvalue weighted by Crippen LogP contribution is 2.45. The maximum Gasteiger partial charge on any atom is 0.332 e. The summed E-state index contributed by atoms with van der Waals surface area (Å²) in [5.74, 6) is -0.544. The lowest BCUT2D eigenvalue weighted by atomic mass is 9.87. The van der Waals surface area contributed by atoms with Crippen LogP contribution in [0.2, 0.25) is 0 Å². The van der Waals surface area contributed by atoms with Gasteiger partial charge in [0.25, 0.3) is 11.8 Å². The van der Waals surface area contributed by atoms with Crippen molar-refractivity contribution in [3.8, 4) is 0 Å². The number of urea groups is 1. The number of fused-ring (bicyclic) bond motifs is 5. The Morgan fingerprint density at radius 2 is 1.79 bits per heavy atom. The van der Waals surface area contributed by atoms with Crippen molar-refractivity contribution in [1.29, 1.82) is 0 Å². The van der Waals surface area contributed by atoms with Gasteiger partial charge in [0.1, 0.15) is 0 Å². The minimum atomic E-state index is -1.13. The smallest absolute Gasteiger partial charge is 0.332 e. The molecule has 192 valence electrons. The minimum absolute atomic E-state index is 0.0327. The van der Waals surface area contributed by atoms with Gasteiger partial charge >= 0.3 is 6.03 Å². The number of nitrogens with one attached hydrogen (secondary N) is 2. The second-order valence-electron chi connectivity index (χ2n) is 10.4. The molecule has 2 N–H and O–H groups in total. The summed E-state index contributed by atoms with van der Waals surface area (Å²) in [6.07, 6.45) is 2.34. The van der Waals surface area contributed by atoms with Crippen LogP contribution in [-0.2, 0) is 23.2 Å². The van der Waals surface area contributed by atoms with E-state index in [1.807, 2.05) is 56.3 Å². The Kier molecular flexibility index (Phi) is 5.79. The largest absolute Gasteiger partial charge is 0.356 e. The number of H-pyrrole nitrogens is 1. The van der Waals surface area contributed by atoms with Gasteiger partial charge in [-0.3, -0.25) is 9.59 Å². The number of aryl methyl sites for hydroxylation is 1. The Hall–Kier alpha value is -4.39. The summed E-state index contributed by atoms with van der Waals surface area (Å²) in [6, 6.07) is 24.5. The van der Waals surface area contributed by atoms with Gasteiger partial charge in [0.05, 0.1) is 11.4 Å². The maximum atomic E-state index is 13.9. The van der Waals surface area contributed by atoms with Crippen LogP contribution in [0.1, 0.15) is 47.4 Å². The number of hydrogen-bond donors (Lipinski definition) is 2. The van der Waals surface area contributed by atoms with Gasteiger partial charge in [-0.15, -0.1) is 0 Å². The number of amides is 4. The number of rotatable bonds is 6. The monoisotopic (exact) mass is 506 g/mol. The molecule has 1 fully saturated rings. The highest BCUT2D eigenvalue weighted by Gasteiger charge is 2.59. The molecule has 0 radical (unpaired) electrons. The van der Waals surface area contributed by atoms with Crippen molar-refractivity contribution in [3.05, 3.63) is 101 Å². The summed E-state index contributed by atoms with van der Waals surface area (Å²) < 4.78 is 0. The SMILES string of the molecule is CC(CCc1ccccc1)NC(=O)c1cccc(N2C(=O)N3CCc4c([nH]c5ccccc45)[C@@]3(C)C2=O)c1. The van der Waals surface area contributed by atoms with Gasteiger partial charge in [0.2, 0.25) is 0 Å². The summed E-state index contributed by atoms with van der Waals surface area (Å²) in [7, 11) is 0. The molecule has 1 aromatic heterocycles. The van der Waals surface area contributed by atoms with Crippen LogP contribution in [0, 0.1) is 0 Å². The number of aromatic amines is 1. The molecule has 2 atom stereocenters. The molecule has 7 heteroatoms. The van der Waals surface area contributed by atoms with Crippen molar-refractivity contribution in [2.45, 2.75) is 44.7 Å². The van der Waals surface area contributed by atoms with E-state index < -0.39 is 5.54 Å². The average molecular weight is 507 g/mol. The fourth-order valence-electron chi connectivity index (χ4n) is 5.81. The fraction of sp³-hybridized carbons (Fsp3) is 0.258. The van der Waals surface area contributed by atoms with Crippen LogP contribution in [0.5, 0.6) is 0 Å². The molecule has 0 bridgehead atoms. The number of imide groups is 1. The Balaban J connectivity index is 1.24. The number of aromatic nitrogens is 1. The van der Waals surface area contributed by atoms with Crippen LogP contribution < -0.4 is 10.2 Å². The number of nitrogens with zero attached hydrogens (tertiary/aromatic N) is 2. The van der Waals surface area contributed by atoms with Crippen molar-refractivity contribution in [2.24, 2.45) is 0 Å². The van der Waals surface area contributed by atoms with Gasteiger partial charge in [-0.05, 0) is 68.5 Å². The van der Waals surface area contributed by atoms with Crippen molar-refractivity contribution < 1.29 is 14.4 Å². The van der Waals surface area contributed by atoms with E-state index in [4.69, 9.17) is 0 Å². The lowest BCUT2D eigenvalue weighted by molar-refractivity contribution is -0.125. The van der Waals surface area contributed by atoms with E-state index >= 15 is 0 Å². The first-order valence-electron chi connectivity index (χ1n) is 13.1. The summed E-state index contributed by atoms with van der Waals surface area (Å²) in [4.78, 5) is 46.9. The zero-order valence-electron chi connectivity index (χ0n) is 21.5. The van der Waals surface area contributed by atoms with Crippen LogP contribution in [-0.4, -0.2) is 40.3 Å². The Bertz CT molecular complexity index is 1560. The van der Waals surface area contributed by atoms with Gasteiger partial charge in [-0.25, -0.2) is 9.69 Å². The number of anilines is 1. The lowest BCUT2D eigenvalue weighted by Gasteiger charge is -2.35. The topological polar surface area (TPSA) is 85.5 Å². The first-order valence-corrected chi connectivity index (χ1v) is 13.1. The van der Waals surface area contributed by atoms with Crippen LogP contribution in [0.15, 0.2) is 78.9 Å². The van der Waals surface area contributed by atoms with Crippen molar-refractivity contribution in [3.63, 3.8) is 0 Å². The van der Waals surface area contributed by atoms with Gasteiger partial charge in [0, 0.05) is 29.1 Å².